The molecule has 0 bridgehead atoms. The summed E-state index contributed by atoms with van der Waals surface area (Å²) in [5.41, 5.74) is 10.9. The number of hydrogen-bond acceptors (Lipinski definition) is 4. The van der Waals surface area contributed by atoms with Crippen molar-refractivity contribution in [2.24, 2.45) is 11.5 Å². The van der Waals surface area contributed by atoms with E-state index in [0.29, 0.717) is 6.42 Å². The molecular weight excluding hydrogens is 266 g/mol. The van der Waals surface area contributed by atoms with Crippen LogP contribution in [0.25, 0.3) is 0 Å². The van der Waals surface area contributed by atoms with Crippen LogP contribution >= 0.6 is 0 Å². The molecule has 5 N–H and O–H groups in total. The zero-order valence-electron chi connectivity index (χ0n) is 10.8. The molecule has 1 unspecified atom stereocenters. The molecule has 0 spiro atoms. The van der Waals surface area contributed by atoms with Gasteiger partial charge in [-0.2, -0.15) is 0 Å². The highest BCUT2D eigenvalue weighted by Crippen LogP contribution is 2.11. The van der Waals surface area contributed by atoms with Crippen molar-refractivity contribution in [2.45, 2.75) is 30.7 Å². The van der Waals surface area contributed by atoms with Crippen LogP contribution < -0.4 is 16.2 Å². The Morgan fingerprint density at radius 1 is 1.32 bits per heavy atom. The van der Waals surface area contributed by atoms with Crippen LogP contribution in [0.3, 0.4) is 0 Å². The van der Waals surface area contributed by atoms with Gasteiger partial charge in [0.15, 0.2) is 0 Å². The summed E-state index contributed by atoms with van der Waals surface area (Å²) in [6.07, 6.45) is 1.51. The fourth-order valence-electron chi connectivity index (χ4n) is 1.66. The van der Waals surface area contributed by atoms with Crippen molar-refractivity contribution in [1.29, 1.82) is 0 Å². The zero-order valence-corrected chi connectivity index (χ0v) is 11.6. The number of benzene rings is 1. The Hall–Kier alpha value is -1.44. The molecule has 106 valence electrons. The number of hydrogen-bond donors (Lipinski definition) is 3. The van der Waals surface area contributed by atoms with Crippen molar-refractivity contribution in [2.75, 3.05) is 6.54 Å². The minimum atomic E-state index is -3.62. The quantitative estimate of drug-likeness (QED) is 0.663. The molecular formula is C12H19N3O3S. The zero-order chi connectivity index (χ0) is 14.5. The van der Waals surface area contributed by atoms with Gasteiger partial charge in [-0.25, -0.2) is 13.1 Å². The van der Waals surface area contributed by atoms with Crippen molar-refractivity contribution in [3.8, 4) is 0 Å². The van der Waals surface area contributed by atoms with E-state index >= 15 is 0 Å². The Morgan fingerprint density at radius 3 is 2.32 bits per heavy atom. The topological polar surface area (TPSA) is 115 Å². The average Bonchev–Trinajstić information content (AvgIpc) is 2.38. The normalized spacial score (nSPS) is 13.2. The second-order valence-corrected chi connectivity index (χ2v) is 5.95. The summed E-state index contributed by atoms with van der Waals surface area (Å²) in [6.45, 7) is 2.20. The van der Waals surface area contributed by atoms with Crippen LogP contribution in [0.1, 0.15) is 30.1 Å². The molecule has 0 aliphatic heterocycles. The summed E-state index contributed by atoms with van der Waals surface area (Å²) in [5, 5.41) is 0. The van der Waals surface area contributed by atoms with Gasteiger partial charge in [0.05, 0.1) is 4.90 Å². The van der Waals surface area contributed by atoms with Crippen LogP contribution in [0.15, 0.2) is 29.2 Å². The Labute approximate surface area is 113 Å². The molecule has 0 aliphatic rings. The van der Waals surface area contributed by atoms with E-state index in [2.05, 4.69) is 4.72 Å². The molecule has 1 aromatic rings. The molecule has 1 atom stereocenters. The third-order valence-electron chi connectivity index (χ3n) is 2.69. The number of amides is 1. The minimum absolute atomic E-state index is 0.0899. The van der Waals surface area contributed by atoms with Crippen LogP contribution in [0.5, 0.6) is 0 Å². The molecule has 0 aromatic heterocycles. The molecule has 6 nitrogen and oxygen atoms in total. The number of sulfonamides is 1. The van der Waals surface area contributed by atoms with E-state index in [1.165, 1.54) is 24.3 Å². The first-order chi connectivity index (χ1) is 8.90. The van der Waals surface area contributed by atoms with Gasteiger partial charge in [0.2, 0.25) is 15.9 Å². The highest BCUT2D eigenvalue weighted by Gasteiger charge is 2.18. The standard InChI is InChI=1S/C12H19N3O3S/c1-2-3-10(8-13)15-19(17,18)11-6-4-9(5-7-11)12(14)16/h4-7,10,15H,2-3,8,13H2,1H3,(H2,14,16). The summed E-state index contributed by atoms with van der Waals surface area (Å²) in [7, 11) is -3.62. The van der Waals surface area contributed by atoms with Crippen LogP contribution in [0.2, 0.25) is 0 Å². The monoisotopic (exact) mass is 285 g/mol. The highest BCUT2D eigenvalue weighted by molar-refractivity contribution is 7.89. The summed E-state index contributed by atoms with van der Waals surface area (Å²) in [6, 6.07) is 5.18. The number of carbonyl (C=O) groups excluding carboxylic acids is 1. The number of nitrogens with two attached hydrogens (primary N) is 2. The molecule has 1 rings (SSSR count). The highest BCUT2D eigenvalue weighted by atomic mass is 32.2. The fourth-order valence-corrected chi connectivity index (χ4v) is 2.94. The Kier molecular flexibility index (Phi) is 5.46. The van der Waals surface area contributed by atoms with E-state index in [9.17, 15) is 13.2 Å². The summed E-state index contributed by atoms with van der Waals surface area (Å²) in [5.74, 6) is -0.595. The maximum absolute atomic E-state index is 12.1. The molecule has 0 radical (unpaired) electrons. The number of nitrogens with one attached hydrogen (secondary N) is 1. The van der Waals surface area contributed by atoms with Gasteiger partial charge in [0.1, 0.15) is 0 Å². The largest absolute Gasteiger partial charge is 0.366 e. The molecule has 7 heteroatoms. The molecule has 1 aromatic carbocycles. The SMILES string of the molecule is CCCC(CN)NS(=O)(=O)c1ccc(C(N)=O)cc1. The van der Waals surface area contributed by atoms with Crippen molar-refractivity contribution in [3.05, 3.63) is 29.8 Å². The Morgan fingerprint density at radius 2 is 1.89 bits per heavy atom. The van der Waals surface area contributed by atoms with Crippen LogP contribution in [0.4, 0.5) is 0 Å². The lowest BCUT2D eigenvalue weighted by Crippen LogP contribution is -2.40. The van der Waals surface area contributed by atoms with E-state index in [1.807, 2.05) is 6.92 Å². The van der Waals surface area contributed by atoms with Gasteiger partial charge in [0.25, 0.3) is 0 Å². The van der Waals surface area contributed by atoms with E-state index < -0.39 is 15.9 Å². The van der Waals surface area contributed by atoms with Gasteiger partial charge < -0.3 is 11.5 Å². The van der Waals surface area contributed by atoms with Crippen LogP contribution in [-0.2, 0) is 10.0 Å². The van der Waals surface area contributed by atoms with Crippen molar-refractivity contribution < 1.29 is 13.2 Å². The summed E-state index contributed by atoms with van der Waals surface area (Å²) < 4.78 is 26.7. The minimum Gasteiger partial charge on any atom is -0.366 e. The van der Waals surface area contributed by atoms with Gasteiger partial charge in [-0.05, 0) is 30.7 Å². The second-order valence-electron chi connectivity index (χ2n) is 4.23. The molecule has 0 saturated carbocycles. The molecule has 19 heavy (non-hydrogen) atoms. The lowest BCUT2D eigenvalue weighted by molar-refractivity contribution is 0.1000. The molecule has 1 amide bonds. The number of rotatable bonds is 7. The molecule has 0 aliphatic carbocycles. The van der Waals surface area contributed by atoms with Gasteiger partial charge in [-0.3, -0.25) is 4.79 Å². The fraction of sp³-hybridized carbons (Fsp3) is 0.417. The molecule has 0 heterocycles. The Bertz CT molecular complexity index is 526. The third kappa shape index (κ3) is 4.30. The van der Waals surface area contributed by atoms with E-state index in [0.717, 1.165) is 6.42 Å². The first-order valence-electron chi connectivity index (χ1n) is 6.03. The summed E-state index contributed by atoms with van der Waals surface area (Å²) >= 11 is 0. The third-order valence-corrected chi connectivity index (χ3v) is 4.23. The number of primary amides is 1. The van der Waals surface area contributed by atoms with Crippen LogP contribution in [-0.4, -0.2) is 26.9 Å². The second kappa shape index (κ2) is 6.65. The summed E-state index contributed by atoms with van der Waals surface area (Å²) in [4.78, 5) is 11.0. The predicted octanol–water partition coefficient (Wildman–Crippen LogP) is 0.191. The predicted molar refractivity (Wildman–Crippen MR) is 73.0 cm³/mol. The Balaban J connectivity index is 2.90. The maximum atomic E-state index is 12.1. The first kappa shape index (κ1) is 15.6. The smallest absolute Gasteiger partial charge is 0.248 e. The van der Waals surface area contributed by atoms with Crippen molar-refractivity contribution in [3.63, 3.8) is 0 Å². The van der Waals surface area contributed by atoms with Crippen molar-refractivity contribution in [1.82, 2.24) is 4.72 Å². The van der Waals surface area contributed by atoms with Gasteiger partial charge in [-0.1, -0.05) is 13.3 Å². The van der Waals surface area contributed by atoms with E-state index in [-0.39, 0.29) is 23.0 Å². The first-order valence-corrected chi connectivity index (χ1v) is 7.51. The average molecular weight is 285 g/mol. The van der Waals surface area contributed by atoms with Crippen molar-refractivity contribution >= 4 is 15.9 Å². The lowest BCUT2D eigenvalue weighted by atomic mass is 10.2. The maximum Gasteiger partial charge on any atom is 0.248 e. The number of carbonyl (C=O) groups is 1. The molecule has 0 saturated heterocycles. The van der Waals surface area contributed by atoms with Gasteiger partial charge in [-0.15, -0.1) is 0 Å². The van der Waals surface area contributed by atoms with E-state index in [4.69, 9.17) is 11.5 Å². The lowest BCUT2D eigenvalue weighted by Gasteiger charge is -2.16. The van der Waals surface area contributed by atoms with Crippen LogP contribution in [0, 0.1) is 0 Å². The van der Waals surface area contributed by atoms with Gasteiger partial charge >= 0.3 is 0 Å². The van der Waals surface area contributed by atoms with E-state index in [1.54, 1.807) is 0 Å². The van der Waals surface area contributed by atoms with Gasteiger partial charge in [0, 0.05) is 18.2 Å². The molecule has 0 fully saturated rings.